The minimum absolute atomic E-state index is 0.142. The van der Waals surface area contributed by atoms with Crippen LogP contribution in [0.4, 0.5) is 5.69 Å². The van der Waals surface area contributed by atoms with Crippen LogP contribution in [0.5, 0.6) is 5.75 Å². The zero-order chi connectivity index (χ0) is 10.1. The van der Waals surface area contributed by atoms with Crippen molar-refractivity contribution in [3.05, 3.63) is 18.2 Å². The first-order valence-electron chi connectivity index (χ1n) is 4.90. The summed E-state index contributed by atoms with van der Waals surface area (Å²) in [4.78, 5) is 0. The number of benzene rings is 1. The van der Waals surface area contributed by atoms with Gasteiger partial charge >= 0.3 is 0 Å². The summed E-state index contributed by atoms with van der Waals surface area (Å²) in [7, 11) is -0.142. The van der Waals surface area contributed by atoms with Gasteiger partial charge in [0.15, 0.2) is 0 Å². The van der Waals surface area contributed by atoms with E-state index in [0.29, 0.717) is 6.10 Å². The summed E-state index contributed by atoms with van der Waals surface area (Å²) >= 11 is 0. The average Bonchev–Trinajstić information content (AvgIpc) is 2.92. The Labute approximate surface area is 86.2 Å². The smallest absolute Gasteiger partial charge is 0.120 e. The van der Waals surface area contributed by atoms with Gasteiger partial charge in [0.25, 0.3) is 0 Å². The number of hydrogen-bond donors (Lipinski definition) is 1. The van der Waals surface area contributed by atoms with E-state index in [1.165, 1.54) is 18.1 Å². The standard InChI is InChI=1S/C11H16NOP/c1-14(2)11-7-9(5-6-10(11)12)13-8-3-4-8/h5-8H,3-4,12H2,1-2H3. The fraction of sp³-hybridized carbons (Fsp3) is 0.455. The maximum absolute atomic E-state index is 5.90. The highest BCUT2D eigenvalue weighted by Crippen LogP contribution is 2.31. The number of anilines is 1. The van der Waals surface area contributed by atoms with E-state index in [4.69, 9.17) is 10.5 Å². The fourth-order valence-electron chi connectivity index (χ4n) is 1.36. The molecule has 1 fully saturated rings. The second-order valence-electron chi connectivity index (χ2n) is 3.93. The maximum Gasteiger partial charge on any atom is 0.120 e. The molecule has 1 aromatic carbocycles. The monoisotopic (exact) mass is 209 g/mol. The first-order chi connectivity index (χ1) is 6.66. The average molecular weight is 209 g/mol. The third kappa shape index (κ3) is 2.19. The second kappa shape index (κ2) is 3.78. The van der Waals surface area contributed by atoms with Gasteiger partial charge in [-0.3, -0.25) is 0 Å². The number of ether oxygens (including phenoxy) is 1. The van der Waals surface area contributed by atoms with Gasteiger partial charge in [0, 0.05) is 11.0 Å². The predicted molar refractivity (Wildman–Crippen MR) is 62.9 cm³/mol. The van der Waals surface area contributed by atoms with Gasteiger partial charge in [-0.05, 0) is 44.4 Å². The molecule has 0 aliphatic heterocycles. The third-order valence-electron chi connectivity index (χ3n) is 2.31. The predicted octanol–water partition coefficient (Wildman–Crippen LogP) is 2.18. The summed E-state index contributed by atoms with van der Waals surface area (Å²) in [5.74, 6) is 0.980. The number of rotatable bonds is 3. The van der Waals surface area contributed by atoms with E-state index in [-0.39, 0.29) is 7.92 Å². The minimum Gasteiger partial charge on any atom is -0.490 e. The molecule has 2 N–H and O–H groups in total. The molecule has 0 heterocycles. The van der Waals surface area contributed by atoms with Crippen LogP contribution in [0, 0.1) is 0 Å². The van der Waals surface area contributed by atoms with Crippen molar-refractivity contribution in [1.82, 2.24) is 0 Å². The van der Waals surface area contributed by atoms with Gasteiger partial charge in [-0.1, -0.05) is 7.92 Å². The highest BCUT2D eigenvalue weighted by Gasteiger charge is 2.23. The summed E-state index contributed by atoms with van der Waals surface area (Å²) in [6, 6.07) is 6.02. The van der Waals surface area contributed by atoms with Crippen molar-refractivity contribution in [3.8, 4) is 5.75 Å². The largest absolute Gasteiger partial charge is 0.490 e. The van der Waals surface area contributed by atoms with Crippen molar-refractivity contribution in [2.45, 2.75) is 18.9 Å². The van der Waals surface area contributed by atoms with Gasteiger partial charge in [-0.15, -0.1) is 0 Å². The van der Waals surface area contributed by atoms with Crippen LogP contribution in [0.2, 0.25) is 0 Å². The molecule has 2 nitrogen and oxygen atoms in total. The number of hydrogen-bond acceptors (Lipinski definition) is 2. The lowest BCUT2D eigenvalue weighted by Crippen LogP contribution is -2.08. The van der Waals surface area contributed by atoms with Crippen molar-refractivity contribution in [3.63, 3.8) is 0 Å². The molecule has 0 atom stereocenters. The first-order valence-corrected chi connectivity index (χ1v) is 7.14. The van der Waals surface area contributed by atoms with E-state index in [1.54, 1.807) is 0 Å². The van der Waals surface area contributed by atoms with Gasteiger partial charge in [-0.2, -0.15) is 0 Å². The van der Waals surface area contributed by atoms with Crippen LogP contribution in [0.15, 0.2) is 18.2 Å². The van der Waals surface area contributed by atoms with Crippen molar-refractivity contribution in [1.29, 1.82) is 0 Å². The molecule has 1 aliphatic rings. The zero-order valence-corrected chi connectivity index (χ0v) is 9.55. The summed E-state index contributed by atoms with van der Waals surface area (Å²) in [6.07, 6.45) is 2.87. The Balaban J connectivity index is 2.20. The summed E-state index contributed by atoms with van der Waals surface area (Å²) < 4.78 is 5.73. The Hall–Kier alpha value is -0.750. The second-order valence-corrected chi connectivity index (χ2v) is 6.20. The molecule has 0 radical (unpaired) electrons. The normalized spacial score (nSPS) is 15.9. The molecule has 2 rings (SSSR count). The van der Waals surface area contributed by atoms with Crippen LogP contribution in [0.3, 0.4) is 0 Å². The molecule has 0 aromatic heterocycles. The van der Waals surface area contributed by atoms with Gasteiger partial charge in [0.1, 0.15) is 5.75 Å². The van der Waals surface area contributed by atoms with E-state index >= 15 is 0 Å². The number of nitrogens with two attached hydrogens (primary N) is 1. The van der Waals surface area contributed by atoms with E-state index in [9.17, 15) is 0 Å². The van der Waals surface area contributed by atoms with Crippen molar-refractivity contribution < 1.29 is 4.74 Å². The fourth-order valence-corrected chi connectivity index (χ4v) is 2.34. The lowest BCUT2D eigenvalue weighted by atomic mass is 10.3. The van der Waals surface area contributed by atoms with E-state index < -0.39 is 0 Å². The minimum atomic E-state index is -0.142. The van der Waals surface area contributed by atoms with Crippen molar-refractivity contribution >= 4 is 18.9 Å². The molecule has 0 bridgehead atoms. The molecule has 1 aromatic rings. The Morgan fingerprint density at radius 3 is 2.64 bits per heavy atom. The highest BCUT2D eigenvalue weighted by atomic mass is 31.1. The van der Waals surface area contributed by atoms with E-state index in [1.807, 2.05) is 12.1 Å². The highest BCUT2D eigenvalue weighted by molar-refractivity contribution is 7.64. The molecule has 0 spiro atoms. The van der Waals surface area contributed by atoms with E-state index in [0.717, 1.165) is 11.4 Å². The Kier molecular flexibility index (Phi) is 2.64. The Bertz CT molecular complexity index is 334. The quantitative estimate of drug-likeness (QED) is 0.611. The lowest BCUT2D eigenvalue weighted by molar-refractivity contribution is 0.303. The molecule has 14 heavy (non-hydrogen) atoms. The van der Waals surface area contributed by atoms with Crippen LogP contribution in [-0.4, -0.2) is 19.4 Å². The topological polar surface area (TPSA) is 35.2 Å². The Morgan fingerprint density at radius 1 is 1.36 bits per heavy atom. The molecule has 3 heteroatoms. The van der Waals surface area contributed by atoms with Crippen LogP contribution < -0.4 is 15.8 Å². The van der Waals surface area contributed by atoms with Gasteiger partial charge in [-0.25, -0.2) is 0 Å². The van der Waals surface area contributed by atoms with Crippen LogP contribution in [0.1, 0.15) is 12.8 Å². The lowest BCUT2D eigenvalue weighted by Gasteiger charge is -2.12. The zero-order valence-electron chi connectivity index (χ0n) is 8.66. The summed E-state index contributed by atoms with van der Waals surface area (Å²) in [6.45, 7) is 4.42. The van der Waals surface area contributed by atoms with Crippen LogP contribution in [-0.2, 0) is 0 Å². The van der Waals surface area contributed by atoms with Crippen LogP contribution >= 0.6 is 7.92 Å². The molecule has 76 valence electrons. The summed E-state index contributed by atoms with van der Waals surface area (Å²) in [5, 5.41) is 1.25. The third-order valence-corrected chi connectivity index (χ3v) is 3.66. The number of nitrogen functional groups attached to an aromatic ring is 1. The van der Waals surface area contributed by atoms with Gasteiger partial charge < -0.3 is 10.5 Å². The molecule has 1 aliphatic carbocycles. The Morgan fingerprint density at radius 2 is 2.07 bits per heavy atom. The van der Waals surface area contributed by atoms with Crippen molar-refractivity contribution in [2.24, 2.45) is 0 Å². The molecular weight excluding hydrogens is 193 g/mol. The van der Waals surface area contributed by atoms with Crippen molar-refractivity contribution in [2.75, 3.05) is 19.1 Å². The van der Waals surface area contributed by atoms with Crippen LogP contribution in [0.25, 0.3) is 0 Å². The van der Waals surface area contributed by atoms with Gasteiger partial charge in [0.05, 0.1) is 6.10 Å². The molecule has 0 amide bonds. The molecule has 0 unspecified atom stereocenters. The first kappa shape index (κ1) is 9.79. The SMILES string of the molecule is CP(C)c1cc(OC2CC2)ccc1N. The maximum atomic E-state index is 5.90. The molecule has 1 saturated carbocycles. The summed E-state index contributed by atoms with van der Waals surface area (Å²) in [5.41, 5.74) is 6.79. The molecular formula is C11H16NOP. The van der Waals surface area contributed by atoms with E-state index in [2.05, 4.69) is 19.4 Å². The molecule has 0 saturated heterocycles. The van der Waals surface area contributed by atoms with Gasteiger partial charge in [0.2, 0.25) is 0 Å².